The summed E-state index contributed by atoms with van der Waals surface area (Å²) in [7, 11) is 0. The van der Waals surface area contributed by atoms with Crippen LogP contribution in [0.3, 0.4) is 0 Å². The van der Waals surface area contributed by atoms with Gasteiger partial charge >= 0.3 is 0 Å². The van der Waals surface area contributed by atoms with Crippen molar-refractivity contribution < 1.29 is 4.79 Å². The Hall–Kier alpha value is -3.15. The van der Waals surface area contributed by atoms with Crippen LogP contribution in [0.25, 0.3) is 10.8 Å². The van der Waals surface area contributed by atoms with Crippen molar-refractivity contribution in [2.24, 2.45) is 5.41 Å². The van der Waals surface area contributed by atoms with Gasteiger partial charge in [-0.2, -0.15) is 0 Å². The summed E-state index contributed by atoms with van der Waals surface area (Å²) in [6.45, 7) is 7.03. The summed E-state index contributed by atoms with van der Waals surface area (Å²) in [5.74, 6) is 1.000. The summed E-state index contributed by atoms with van der Waals surface area (Å²) in [6, 6.07) is 9.83. The molecule has 0 radical (unpaired) electrons. The molecule has 0 unspecified atom stereocenters. The predicted octanol–water partition coefficient (Wildman–Crippen LogP) is 4.27. The first-order valence-electron chi connectivity index (χ1n) is 11.1. The van der Waals surface area contributed by atoms with Crippen LogP contribution in [0.5, 0.6) is 0 Å². The van der Waals surface area contributed by atoms with E-state index in [-0.39, 0.29) is 11.5 Å². The third kappa shape index (κ3) is 3.71. The number of anilines is 2. The molecule has 0 aliphatic carbocycles. The summed E-state index contributed by atoms with van der Waals surface area (Å²) >= 11 is 0. The highest BCUT2D eigenvalue weighted by Gasteiger charge is 2.29. The van der Waals surface area contributed by atoms with Gasteiger partial charge in [-0.1, -0.05) is 13.8 Å². The molecule has 0 bridgehead atoms. The summed E-state index contributed by atoms with van der Waals surface area (Å²) in [6.07, 6.45) is 7.39. The number of piperidine rings is 1. The van der Waals surface area contributed by atoms with Crippen molar-refractivity contribution in [1.82, 2.24) is 14.9 Å². The molecule has 0 spiro atoms. The zero-order valence-corrected chi connectivity index (χ0v) is 18.1. The molecule has 2 aromatic heterocycles. The Morgan fingerprint density at radius 2 is 1.90 bits per heavy atom. The molecule has 6 heteroatoms. The highest BCUT2D eigenvalue weighted by Crippen LogP contribution is 2.34. The molecule has 1 fully saturated rings. The molecule has 31 heavy (non-hydrogen) atoms. The van der Waals surface area contributed by atoms with Crippen molar-refractivity contribution in [1.29, 1.82) is 0 Å². The van der Waals surface area contributed by atoms with E-state index in [2.05, 4.69) is 23.7 Å². The van der Waals surface area contributed by atoms with Gasteiger partial charge in [-0.15, -0.1) is 0 Å². The summed E-state index contributed by atoms with van der Waals surface area (Å²) < 4.78 is 0. The highest BCUT2D eigenvalue weighted by atomic mass is 16.2. The average Bonchev–Trinajstić information content (AvgIpc) is 2.78. The van der Waals surface area contributed by atoms with E-state index >= 15 is 0 Å². The van der Waals surface area contributed by atoms with Gasteiger partial charge in [0.1, 0.15) is 5.82 Å². The number of pyridine rings is 2. The number of rotatable bonds is 2. The third-order valence-electron chi connectivity index (χ3n) is 6.75. The predicted molar refractivity (Wildman–Crippen MR) is 123 cm³/mol. The lowest BCUT2D eigenvalue weighted by atomic mass is 9.82. The number of nitrogens with one attached hydrogen (secondary N) is 1. The zero-order chi connectivity index (χ0) is 21.6. The van der Waals surface area contributed by atoms with Crippen molar-refractivity contribution in [3.05, 3.63) is 64.2 Å². The van der Waals surface area contributed by atoms with Crippen LogP contribution in [0.1, 0.15) is 49.0 Å². The molecule has 1 saturated heterocycles. The van der Waals surface area contributed by atoms with Gasteiger partial charge in [0.05, 0.1) is 5.56 Å². The fourth-order valence-electron chi connectivity index (χ4n) is 4.68. The van der Waals surface area contributed by atoms with E-state index in [4.69, 9.17) is 4.98 Å². The van der Waals surface area contributed by atoms with Gasteiger partial charge in [0.2, 0.25) is 0 Å². The Labute approximate surface area is 181 Å². The molecule has 2 aliphatic rings. The van der Waals surface area contributed by atoms with E-state index in [1.807, 2.05) is 35.2 Å². The van der Waals surface area contributed by atoms with Crippen molar-refractivity contribution in [3.63, 3.8) is 0 Å². The van der Waals surface area contributed by atoms with Crippen LogP contribution in [0.2, 0.25) is 0 Å². The number of carbonyl (C=O) groups is 1. The summed E-state index contributed by atoms with van der Waals surface area (Å²) in [4.78, 5) is 36.7. The molecule has 1 aromatic carbocycles. The number of hydrogen-bond acceptors (Lipinski definition) is 4. The second kappa shape index (κ2) is 7.52. The number of benzene rings is 1. The number of aryl methyl sites for hydroxylation is 1. The molecule has 4 heterocycles. The maximum Gasteiger partial charge on any atom is 0.255 e. The number of likely N-dealkylation sites (tertiary alicyclic amines) is 1. The first-order valence-corrected chi connectivity index (χ1v) is 11.1. The van der Waals surface area contributed by atoms with Gasteiger partial charge in [0.15, 0.2) is 0 Å². The number of H-pyrrole nitrogens is 1. The number of aromatic amines is 1. The van der Waals surface area contributed by atoms with E-state index in [0.29, 0.717) is 16.4 Å². The lowest BCUT2D eigenvalue weighted by molar-refractivity contribution is 0.0630. The number of carbonyl (C=O) groups excluding carboxylic acids is 1. The van der Waals surface area contributed by atoms with Gasteiger partial charge < -0.3 is 14.8 Å². The van der Waals surface area contributed by atoms with Crippen LogP contribution in [-0.2, 0) is 6.42 Å². The third-order valence-corrected chi connectivity index (χ3v) is 6.75. The highest BCUT2D eigenvalue weighted by molar-refractivity contribution is 5.95. The van der Waals surface area contributed by atoms with Crippen molar-refractivity contribution >= 4 is 28.2 Å². The van der Waals surface area contributed by atoms with E-state index in [1.165, 1.54) is 0 Å². The first kappa shape index (κ1) is 19.8. The molecule has 1 N–H and O–H groups in total. The monoisotopic (exact) mass is 416 g/mol. The Balaban J connectivity index is 1.43. The van der Waals surface area contributed by atoms with E-state index in [1.54, 1.807) is 12.4 Å². The van der Waals surface area contributed by atoms with Crippen LogP contribution in [-0.4, -0.2) is 40.4 Å². The van der Waals surface area contributed by atoms with Crippen LogP contribution in [0, 0.1) is 5.41 Å². The average molecular weight is 417 g/mol. The molecule has 1 amide bonds. The number of aromatic nitrogens is 2. The molecule has 6 nitrogen and oxygen atoms in total. The minimum atomic E-state index is -0.0783. The Morgan fingerprint density at radius 1 is 1.10 bits per heavy atom. The van der Waals surface area contributed by atoms with Crippen molar-refractivity contribution in [2.75, 3.05) is 24.5 Å². The zero-order valence-electron chi connectivity index (χ0n) is 18.1. The maximum atomic E-state index is 13.1. The van der Waals surface area contributed by atoms with E-state index in [9.17, 15) is 9.59 Å². The number of amides is 1. The largest absolute Gasteiger partial charge is 0.339 e. The molecular weight excluding hydrogens is 388 g/mol. The first-order chi connectivity index (χ1) is 14.9. The van der Waals surface area contributed by atoms with Crippen LogP contribution in [0.4, 0.5) is 11.5 Å². The second-order valence-electron chi connectivity index (χ2n) is 9.50. The quantitative estimate of drug-likeness (QED) is 0.677. The van der Waals surface area contributed by atoms with E-state index in [0.717, 1.165) is 67.8 Å². The van der Waals surface area contributed by atoms with Gasteiger partial charge in [-0.05, 0) is 72.4 Å². The van der Waals surface area contributed by atoms with Crippen molar-refractivity contribution in [3.8, 4) is 0 Å². The standard InChI is InChI=1S/C25H28N4O2/c1-25(2)8-12-28(13-9-25)24(31)19-14-18-4-3-11-29(22(18)27-16-19)20-5-6-21-17(15-20)7-10-26-23(21)30/h5-7,10,14-16H,3-4,8-9,11-13H2,1-2H3,(H,26,30). The van der Waals surface area contributed by atoms with E-state index < -0.39 is 0 Å². The fourth-order valence-corrected chi connectivity index (χ4v) is 4.68. The lowest BCUT2D eigenvalue weighted by Gasteiger charge is -2.37. The van der Waals surface area contributed by atoms with Gasteiger partial charge in [-0.3, -0.25) is 9.59 Å². The Morgan fingerprint density at radius 3 is 2.71 bits per heavy atom. The summed E-state index contributed by atoms with van der Waals surface area (Å²) in [5, 5.41) is 1.59. The number of fused-ring (bicyclic) bond motifs is 2. The normalized spacial score (nSPS) is 18.1. The molecule has 160 valence electrons. The Bertz CT molecular complexity index is 1200. The lowest BCUT2D eigenvalue weighted by Crippen LogP contribution is -2.41. The minimum absolute atomic E-state index is 0.0783. The second-order valence-corrected chi connectivity index (χ2v) is 9.50. The maximum absolute atomic E-state index is 13.1. The molecule has 0 atom stereocenters. The topological polar surface area (TPSA) is 69.3 Å². The molecule has 3 aromatic rings. The van der Waals surface area contributed by atoms with Gasteiger partial charge in [-0.25, -0.2) is 4.98 Å². The number of nitrogens with zero attached hydrogens (tertiary/aromatic N) is 3. The molecular formula is C25H28N4O2. The van der Waals surface area contributed by atoms with Crippen LogP contribution >= 0.6 is 0 Å². The van der Waals surface area contributed by atoms with Crippen LogP contribution in [0.15, 0.2) is 47.5 Å². The van der Waals surface area contributed by atoms with Crippen LogP contribution < -0.4 is 10.5 Å². The Kier molecular flexibility index (Phi) is 4.80. The summed E-state index contributed by atoms with van der Waals surface area (Å²) in [5.41, 5.74) is 3.05. The SMILES string of the molecule is CC1(C)CCN(C(=O)c2cnc3c(c2)CCCN3c2ccc3c(=O)[nH]ccc3c2)CC1. The van der Waals surface area contributed by atoms with Gasteiger partial charge in [0.25, 0.3) is 11.5 Å². The minimum Gasteiger partial charge on any atom is -0.339 e. The smallest absolute Gasteiger partial charge is 0.255 e. The number of hydrogen-bond donors (Lipinski definition) is 1. The van der Waals surface area contributed by atoms with Crippen molar-refractivity contribution in [2.45, 2.75) is 39.5 Å². The van der Waals surface area contributed by atoms with Gasteiger partial charge in [0, 0.05) is 43.1 Å². The molecule has 0 saturated carbocycles. The molecule has 2 aliphatic heterocycles. The fraction of sp³-hybridized carbons (Fsp3) is 0.400. The molecule has 5 rings (SSSR count).